The molecule has 0 saturated heterocycles. The van der Waals surface area contributed by atoms with Gasteiger partial charge in [-0.15, -0.1) is 0 Å². The van der Waals surface area contributed by atoms with Crippen LogP contribution in [0.3, 0.4) is 0 Å². The van der Waals surface area contributed by atoms with Crippen molar-refractivity contribution in [1.29, 1.82) is 0 Å². The minimum atomic E-state index is 0.480. The van der Waals surface area contributed by atoms with Crippen LogP contribution in [-0.4, -0.2) is 9.78 Å². The third-order valence-electron chi connectivity index (χ3n) is 3.17. The molecule has 16 heavy (non-hydrogen) atoms. The van der Waals surface area contributed by atoms with Crippen molar-refractivity contribution in [3.63, 3.8) is 0 Å². The third kappa shape index (κ3) is 2.87. The Labute approximate surface area is 100 Å². The number of aromatic nitrogens is 2. The van der Waals surface area contributed by atoms with E-state index in [9.17, 15) is 0 Å². The third-order valence-corrected chi connectivity index (χ3v) is 3.17. The molecule has 1 rings (SSSR count). The Morgan fingerprint density at radius 3 is 2.38 bits per heavy atom. The SMILES string of the molecule is CCCCCc1c(C)nn(C(C)C)c1CC. The molecule has 2 nitrogen and oxygen atoms in total. The van der Waals surface area contributed by atoms with E-state index >= 15 is 0 Å². The summed E-state index contributed by atoms with van der Waals surface area (Å²) in [6.45, 7) is 11.1. The summed E-state index contributed by atoms with van der Waals surface area (Å²) in [6, 6.07) is 0.480. The fourth-order valence-electron chi connectivity index (χ4n) is 2.31. The molecule has 2 heteroatoms. The summed E-state index contributed by atoms with van der Waals surface area (Å²) in [7, 11) is 0. The summed E-state index contributed by atoms with van der Waals surface area (Å²) in [6.07, 6.45) is 6.22. The topological polar surface area (TPSA) is 17.8 Å². The standard InChI is InChI=1S/C14H26N2/c1-6-8-9-10-13-12(5)15-16(11(3)4)14(13)7-2/h11H,6-10H2,1-5H3. The highest BCUT2D eigenvalue weighted by Crippen LogP contribution is 2.20. The van der Waals surface area contributed by atoms with E-state index in [0.29, 0.717) is 6.04 Å². The molecule has 0 saturated carbocycles. The molecule has 0 radical (unpaired) electrons. The first-order valence-corrected chi connectivity index (χ1v) is 6.68. The van der Waals surface area contributed by atoms with E-state index in [1.165, 1.54) is 42.6 Å². The molecule has 92 valence electrons. The van der Waals surface area contributed by atoms with Gasteiger partial charge in [-0.3, -0.25) is 4.68 Å². The van der Waals surface area contributed by atoms with E-state index in [0.717, 1.165) is 6.42 Å². The van der Waals surface area contributed by atoms with Gasteiger partial charge in [0.1, 0.15) is 0 Å². The predicted octanol–water partition coefficient (Wildman–Crippen LogP) is 4.07. The number of nitrogens with zero attached hydrogens (tertiary/aromatic N) is 2. The molecule has 0 amide bonds. The van der Waals surface area contributed by atoms with Crippen molar-refractivity contribution >= 4 is 0 Å². The fourth-order valence-corrected chi connectivity index (χ4v) is 2.31. The molecule has 0 unspecified atom stereocenters. The zero-order valence-electron chi connectivity index (χ0n) is 11.5. The number of aryl methyl sites for hydroxylation is 1. The minimum Gasteiger partial charge on any atom is -0.267 e. The Bertz CT molecular complexity index is 324. The molecule has 1 aromatic rings. The van der Waals surface area contributed by atoms with Crippen LogP contribution in [-0.2, 0) is 12.8 Å². The average molecular weight is 222 g/mol. The van der Waals surface area contributed by atoms with Crippen LogP contribution in [0.4, 0.5) is 0 Å². The quantitative estimate of drug-likeness (QED) is 0.663. The highest BCUT2D eigenvalue weighted by Gasteiger charge is 2.14. The Morgan fingerprint density at radius 2 is 1.88 bits per heavy atom. The zero-order valence-corrected chi connectivity index (χ0v) is 11.5. The van der Waals surface area contributed by atoms with Gasteiger partial charge in [-0.05, 0) is 45.6 Å². The summed E-state index contributed by atoms with van der Waals surface area (Å²) in [5.74, 6) is 0. The van der Waals surface area contributed by atoms with Crippen LogP contribution in [0.2, 0.25) is 0 Å². The smallest absolute Gasteiger partial charge is 0.0628 e. The lowest BCUT2D eigenvalue weighted by Gasteiger charge is -2.10. The Hall–Kier alpha value is -0.790. The van der Waals surface area contributed by atoms with Crippen molar-refractivity contribution in [1.82, 2.24) is 9.78 Å². The second-order valence-corrected chi connectivity index (χ2v) is 4.86. The van der Waals surface area contributed by atoms with Gasteiger partial charge >= 0.3 is 0 Å². The monoisotopic (exact) mass is 222 g/mol. The number of unbranched alkanes of at least 4 members (excludes halogenated alkanes) is 2. The second-order valence-electron chi connectivity index (χ2n) is 4.86. The largest absolute Gasteiger partial charge is 0.267 e. The van der Waals surface area contributed by atoms with Crippen LogP contribution in [0.5, 0.6) is 0 Å². The van der Waals surface area contributed by atoms with Crippen LogP contribution in [0, 0.1) is 6.92 Å². The summed E-state index contributed by atoms with van der Waals surface area (Å²) in [5.41, 5.74) is 4.19. The van der Waals surface area contributed by atoms with Crippen LogP contribution in [0.25, 0.3) is 0 Å². The Kier molecular flexibility index (Phi) is 5.04. The lowest BCUT2D eigenvalue weighted by atomic mass is 10.0. The molecule has 0 atom stereocenters. The van der Waals surface area contributed by atoms with Gasteiger partial charge in [0.15, 0.2) is 0 Å². The normalized spacial score (nSPS) is 11.4. The van der Waals surface area contributed by atoms with Crippen LogP contribution >= 0.6 is 0 Å². The first-order valence-electron chi connectivity index (χ1n) is 6.68. The zero-order chi connectivity index (χ0) is 12.1. The van der Waals surface area contributed by atoms with Gasteiger partial charge in [-0.25, -0.2) is 0 Å². The van der Waals surface area contributed by atoms with Gasteiger partial charge in [-0.2, -0.15) is 5.10 Å². The first-order chi connectivity index (χ1) is 7.61. The molecule has 0 fully saturated rings. The van der Waals surface area contributed by atoms with E-state index in [2.05, 4.69) is 44.4 Å². The van der Waals surface area contributed by atoms with Crippen LogP contribution in [0.1, 0.15) is 70.0 Å². The van der Waals surface area contributed by atoms with Crippen molar-refractivity contribution in [2.75, 3.05) is 0 Å². The molecule has 0 aliphatic rings. The summed E-state index contributed by atoms with van der Waals surface area (Å²) < 4.78 is 2.20. The summed E-state index contributed by atoms with van der Waals surface area (Å²) in [4.78, 5) is 0. The molecule has 0 N–H and O–H groups in total. The van der Waals surface area contributed by atoms with E-state index in [1.54, 1.807) is 0 Å². The number of rotatable bonds is 6. The molecular weight excluding hydrogens is 196 g/mol. The Balaban J connectivity index is 2.89. The van der Waals surface area contributed by atoms with E-state index in [1.807, 2.05) is 0 Å². The van der Waals surface area contributed by atoms with Gasteiger partial charge in [-0.1, -0.05) is 26.7 Å². The summed E-state index contributed by atoms with van der Waals surface area (Å²) >= 11 is 0. The molecule has 0 bridgehead atoms. The molecule has 0 aliphatic carbocycles. The van der Waals surface area contributed by atoms with Crippen molar-refractivity contribution < 1.29 is 0 Å². The van der Waals surface area contributed by atoms with Gasteiger partial charge in [0, 0.05) is 11.7 Å². The maximum atomic E-state index is 4.68. The number of hydrogen-bond donors (Lipinski definition) is 0. The van der Waals surface area contributed by atoms with Gasteiger partial charge in [0.25, 0.3) is 0 Å². The summed E-state index contributed by atoms with van der Waals surface area (Å²) in [5, 5.41) is 4.68. The van der Waals surface area contributed by atoms with E-state index in [-0.39, 0.29) is 0 Å². The van der Waals surface area contributed by atoms with Crippen molar-refractivity contribution in [3.05, 3.63) is 17.0 Å². The predicted molar refractivity (Wildman–Crippen MR) is 70.0 cm³/mol. The maximum Gasteiger partial charge on any atom is 0.0628 e. The lowest BCUT2D eigenvalue weighted by molar-refractivity contribution is 0.507. The number of hydrogen-bond acceptors (Lipinski definition) is 1. The molecule has 0 spiro atoms. The molecule has 0 aliphatic heterocycles. The first kappa shape index (κ1) is 13.3. The highest BCUT2D eigenvalue weighted by atomic mass is 15.3. The van der Waals surface area contributed by atoms with Crippen molar-refractivity contribution in [3.8, 4) is 0 Å². The average Bonchev–Trinajstić information content (AvgIpc) is 2.56. The molecular formula is C14H26N2. The van der Waals surface area contributed by atoms with Gasteiger partial charge in [0.2, 0.25) is 0 Å². The van der Waals surface area contributed by atoms with E-state index < -0.39 is 0 Å². The van der Waals surface area contributed by atoms with Gasteiger partial charge < -0.3 is 0 Å². The van der Waals surface area contributed by atoms with Crippen molar-refractivity contribution in [2.24, 2.45) is 0 Å². The molecule has 1 heterocycles. The second kappa shape index (κ2) is 6.07. The minimum absolute atomic E-state index is 0.480. The van der Waals surface area contributed by atoms with Crippen molar-refractivity contribution in [2.45, 2.75) is 72.8 Å². The van der Waals surface area contributed by atoms with Gasteiger partial charge in [0.05, 0.1) is 5.69 Å². The molecule has 0 aromatic carbocycles. The molecule has 1 aromatic heterocycles. The maximum absolute atomic E-state index is 4.68. The fraction of sp³-hybridized carbons (Fsp3) is 0.786. The lowest BCUT2D eigenvalue weighted by Crippen LogP contribution is -2.07. The van der Waals surface area contributed by atoms with E-state index in [4.69, 9.17) is 0 Å². The van der Waals surface area contributed by atoms with Crippen LogP contribution < -0.4 is 0 Å². The Morgan fingerprint density at radius 1 is 1.19 bits per heavy atom. The van der Waals surface area contributed by atoms with Crippen LogP contribution in [0.15, 0.2) is 0 Å². The highest BCUT2D eigenvalue weighted by molar-refractivity contribution is 5.26.